The molecule has 1 aliphatic heterocycles. The van der Waals surface area contributed by atoms with Gasteiger partial charge >= 0.3 is 6.03 Å². The summed E-state index contributed by atoms with van der Waals surface area (Å²) in [5.41, 5.74) is 4.20. The molecule has 0 unspecified atom stereocenters. The molecule has 1 atom stereocenters. The van der Waals surface area contributed by atoms with Crippen molar-refractivity contribution < 1.29 is 14.4 Å². The van der Waals surface area contributed by atoms with Gasteiger partial charge in [-0.25, -0.2) is 4.79 Å². The van der Waals surface area contributed by atoms with Crippen LogP contribution in [0.1, 0.15) is 30.0 Å². The topological polar surface area (TPSA) is 63.2 Å². The number of aryl methyl sites for hydroxylation is 1. The summed E-state index contributed by atoms with van der Waals surface area (Å²) in [6.07, 6.45) is 0.515. The van der Waals surface area contributed by atoms with Gasteiger partial charge in [0.1, 0.15) is 5.75 Å². The highest BCUT2D eigenvalue weighted by Crippen LogP contribution is 2.21. The SMILES string of the molecule is CCNC(=O)N(Cc1cccc(OC)c1)C[C@@H]1CC(c2ccccc2C)=NO1. The number of rotatable bonds is 7. The van der Waals surface area contributed by atoms with Crippen LogP contribution < -0.4 is 10.1 Å². The van der Waals surface area contributed by atoms with Crippen LogP contribution in [0.15, 0.2) is 53.7 Å². The molecule has 0 radical (unpaired) electrons. The van der Waals surface area contributed by atoms with Gasteiger partial charge in [-0.05, 0) is 37.1 Å². The lowest BCUT2D eigenvalue weighted by Gasteiger charge is -2.25. The monoisotopic (exact) mass is 381 g/mol. The van der Waals surface area contributed by atoms with Crippen LogP contribution in [0.3, 0.4) is 0 Å². The fraction of sp³-hybridized carbons (Fsp3) is 0.364. The van der Waals surface area contributed by atoms with Crippen LogP contribution in [-0.4, -0.2) is 42.9 Å². The van der Waals surface area contributed by atoms with Gasteiger partial charge in [-0.2, -0.15) is 0 Å². The second-order valence-corrected chi connectivity index (χ2v) is 6.85. The van der Waals surface area contributed by atoms with Crippen molar-refractivity contribution in [2.45, 2.75) is 32.9 Å². The predicted molar refractivity (Wildman–Crippen MR) is 110 cm³/mol. The lowest BCUT2D eigenvalue weighted by atomic mass is 10.0. The zero-order valence-electron chi connectivity index (χ0n) is 16.6. The molecule has 6 nitrogen and oxygen atoms in total. The molecule has 6 heteroatoms. The molecule has 2 amide bonds. The van der Waals surface area contributed by atoms with E-state index >= 15 is 0 Å². The Morgan fingerprint density at radius 1 is 1.29 bits per heavy atom. The molecule has 0 fully saturated rings. The number of hydrogen-bond acceptors (Lipinski definition) is 4. The lowest BCUT2D eigenvalue weighted by molar-refractivity contribution is 0.0590. The van der Waals surface area contributed by atoms with E-state index in [-0.39, 0.29) is 12.1 Å². The molecule has 28 heavy (non-hydrogen) atoms. The van der Waals surface area contributed by atoms with E-state index in [2.05, 4.69) is 29.5 Å². The standard InChI is InChI=1S/C22H27N3O3/c1-4-23-22(26)25(14-17-9-7-10-18(12-17)27-3)15-19-13-21(24-28-19)20-11-6-5-8-16(20)2/h5-12,19H,4,13-15H2,1-3H3,(H,23,26)/t19-/m0/s1. The minimum absolute atomic E-state index is 0.113. The van der Waals surface area contributed by atoms with E-state index in [0.29, 0.717) is 26.1 Å². The Labute approximate surface area is 166 Å². The molecular weight excluding hydrogens is 354 g/mol. The van der Waals surface area contributed by atoms with Crippen LogP contribution >= 0.6 is 0 Å². The van der Waals surface area contributed by atoms with Crippen molar-refractivity contribution in [2.75, 3.05) is 20.2 Å². The van der Waals surface area contributed by atoms with Crippen LogP contribution in [0, 0.1) is 6.92 Å². The molecule has 3 rings (SSSR count). The van der Waals surface area contributed by atoms with Crippen LogP contribution in [0.4, 0.5) is 4.79 Å². The number of oxime groups is 1. The molecule has 0 bridgehead atoms. The van der Waals surface area contributed by atoms with Gasteiger partial charge in [0.05, 0.1) is 19.4 Å². The zero-order chi connectivity index (χ0) is 19.9. The first-order chi connectivity index (χ1) is 13.6. The van der Waals surface area contributed by atoms with E-state index in [1.807, 2.05) is 43.3 Å². The summed E-state index contributed by atoms with van der Waals surface area (Å²) in [4.78, 5) is 20.0. The average molecular weight is 381 g/mol. The number of nitrogens with zero attached hydrogens (tertiary/aromatic N) is 2. The van der Waals surface area contributed by atoms with Crippen molar-refractivity contribution in [3.63, 3.8) is 0 Å². The number of carbonyl (C=O) groups is 1. The van der Waals surface area contributed by atoms with Gasteiger partial charge < -0.3 is 19.8 Å². The number of amides is 2. The van der Waals surface area contributed by atoms with E-state index in [4.69, 9.17) is 9.57 Å². The zero-order valence-corrected chi connectivity index (χ0v) is 16.6. The maximum Gasteiger partial charge on any atom is 0.317 e. The van der Waals surface area contributed by atoms with Gasteiger partial charge in [0.25, 0.3) is 0 Å². The Morgan fingerprint density at radius 2 is 2.11 bits per heavy atom. The molecular formula is C22H27N3O3. The summed E-state index contributed by atoms with van der Waals surface area (Å²) in [6, 6.07) is 15.8. The minimum atomic E-state index is -0.164. The molecule has 148 valence electrons. The van der Waals surface area contributed by atoms with Crippen LogP contribution in [0.25, 0.3) is 0 Å². The van der Waals surface area contributed by atoms with Crippen molar-refractivity contribution in [3.05, 3.63) is 65.2 Å². The second kappa shape index (κ2) is 9.26. The number of benzene rings is 2. The van der Waals surface area contributed by atoms with Gasteiger partial charge in [-0.3, -0.25) is 0 Å². The van der Waals surface area contributed by atoms with E-state index in [0.717, 1.165) is 22.6 Å². The number of urea groups is 1. The molecule has 0 spiro atoms. The van der Waals surface area contributed by atoms with E-state index in [9.17, 15) is 4.79 Å². The first kappa shape index (κ1) is 19.7. The Bertz CT molecular complexity index is 850. The molecule has 2 aromatic carbocycles. The molecule has 1 heterocycles. The van der Waals surface area contributed by atoms with Gasteiger partial charge in [-0.15, -0.1) is 0 Å². The number of carbonyl (C=O) groups excluding carboxylic acids is 1. The smallest absolute Gasteiger partial charge is 0.317 e. The van der Waals surface area contributed by atoms with Gasteiger partial charge in [0, 0.05) is 25.1 Å². The third-order valence-electron chi connectivity index (χ3n) is 4.74. The third kappa shape index (κ3) is 4.82. The van der Waals surface area contributed by atoms with Crippen LogP contribution in [0.5, 0.6) is 5.75 Å². The molecule has 0 saturated heterocycles. The predicted octanol–water partition coefficient (Wildman–Crippen LogP) is 3.73. The van der Waals surface area contributed by atoms with Gasteiger partial charge in [0.2, 0.25) is 0 Å². The Hall–Kier alpha value is -3.02. The number of methoxy groups -OCH3 is 1. The number of nitrogens with one attached hydrogen (secondary N) is 1. The molecule has 0 saturated carbocycles. The maximum atomic E-state index is 12.6. The van der Waals surface area contributed by atoms with Crippen LogP contribution in [0.2, 0.25) is 0 Å². The van der Waals surface area contributed by atoms with Crippen molar-refractivity contribution in [1.82, 2.24) is 10.2 Å². The normalized spacial score (nSPS) is 15.5. The van der Waals surface area contributed by atoms with E-state index < -0.39 is 0 Å². The van der Waals surface area contributed by atoms with Crippen molar-refractivity contribution in [2.24, 2.45) is 5.16 Å². The molecule has 2 aromatic rings. The third-order valence-corrected chi connectivity index (χ3v) is 4.74. The summed E-state index contributed by atoms with van der Waals surface area (Å²) >= 11 is 0. The van der Waals surface area contributed by atoms with Crippen molar-refractivity contribution in [1.29, 1.82) is 0 Å². The molecule has 0 aliphatic carbocycles. The molecule has 0 aromatic heterocycles. The lowest BCUT2D eigenvalue weighted by Crippen LogP contribution is -2.43. The van der Waals surface area contributed by atoms with Crippen molar-refractivity contribution >= 4 is 11.7 Å². The largest absolute Gasteiger partial charge is 0.497 e. The summed E-state index contributed by atoms with van der Waals surface area (Å²) < 4.78 is 5.29. The fourth-order valence-electron chi connectivity index (χ4n) is 3.30. The summed E-state index contributed by atoms with van der Waals surface area (Å²) in [5.74, 6) is 0.774. The van der Waals surface area contributed by atoms with E-state index in [1.54, 1.807) is 12.0 Å². The first-order valence-electron chi connectivity index (χ1n) is 9.55. The quantitative estimate of drug-likeness (QED) is 0.795. The number of ether oxygens (including phenoxy) is 1. The van der Waals surface area contributed by atoms with Crippen molar-refractivity contribution in [3.8, 4) is 5.75 Å². The van der Waals surface area contributed by atoms with Gasteiger partial charge in [-0.1, -0.05) is 41.6 Å². The van der Waals surface area contributed by atoms with Crippen LogP contribution in [-0.2, 0) is 11.4 Å². The minimum Gasteiger partial charge on any atom is -0.497 e. The first-order valence-corrected chi connectivity index (χ1v) is 9.55. The fourth-order valence-corrected chi connectivity index (χ4v) is 3.30. The molecule has 1 N–H and O–H groups in total. The second-order valence-electron chi connectivity index (χ2n) is 6.85. The Morgan fingerprint density at radius 3 is 2.86 bits per heavy atom. The highest BCUT2D eigenvalue weighted by atomic mass is 16.6. The summed E-state index contributed by atoms with van der Waals surface area (Å²) in [6.45, 7) is 5.48. The average Bonchev–Trinajstić information content (AvgIpc) is 3.16. The van der Waals surface area contributed by atoms with E-state index in [1.165, 1.54) is 5.56 Å². The Kier molecular flexibility index (Phi) is 6.53. The maximum absolute atomic E-state index is 12.6. The highest BCUT2D eigenvalue weighted by molar-refractivity contribution is 6.02. The summed E-state index contributed by atoms with van der Waals surface area (Å²) in [5, 5.41) is 7.16. The van der Waals surface area contributed by atoms with Gasteiger partial charge in [0.15, 0.2) is 6.10 Å². The number of hydrogen-bond donors (Lipinski definition) is 1. The molecule has 1 aliphatic rings. The highest BCUT2D eigenvalue weighted by Gasteiger charge is 2.27. The Balaban J connectivity index is 1.68. The summed E-state index contributed by atoms with van der Waals surface area (Å²) in [7, 11) is 1.64.